The van der Waals surface area contributed by atoms with Crippen LogP contribution in [0.3, 0.4) is 0 Å². The Balaban J connectivity index is 2.27. The summed E-state index contributed by atoms with van der Waals surface area (Å²) < 4.78 is 0. The number of benzene rings is 1. The van der Waals surface area contributed by atoms with E-state index in [4.69, 9.17) is 0 Å². The first-order valence-corrected chi connectivity index (χ1v) is 7.41. The lowest BCUT2D eigenvalue weighted by Crippen LogP contribution is -2.27. The van der Waals surface area contributed by atoms with Crippen LogP contribution in [0.5, 0.6) is 0 Å². The third-order valence-electron chi connectivity index (χ3n) is 2.69. The first-order valence-electron chi connectivity index (χ1n) is 5.84. The first kappa shape index (κ1) is 14.8. The van der Waals surface area contributed by atoms with Crippen molar-refractivity contribution in [3.63, 3.8) is 0 Å². The molecule has 0 saturated heterocycles. The minimum Gasteiger partial charge on any atom is -0.303 e. The largest absolute Gasteiger partial charge is 0.303 e. The van der Waals surface area contributed by atoms with Crippen molar-refractivity contribution in [2.24, 2.45) is 0 Å². The summed E-state index contributed by atoms with van der Waals surface area (Å²) in [5, 5.41) is 6.70. The van der Waals surface area contributed by atoms with Crippen molar-refractivity contribution >= 4 is 39.5 Å². The van der Waals surface area contributed by atoms with Gasteiger partial charge in [-0.3, -0.25) is 9.59 Å². The van der Waals surface area contributed by atoms with Gasteiger partial charge in [0.25, 0.3) is 10.8 Å². The highest BCUT2D eigenvalue weighted by atomic mass is 79.9. The van der Waals surface area contributed by atoms with Crippen LogP contribution in [-0.4, -0.2) is 27.3 Å². The van der Waals surface area contributed by atoms with Gasteiger partial charge >= 0.3 is 0 Å². The molecule has 0 bridgehead atoms. The molecule has 0 spiro atoms. The summed E-state index contributed by atoms with van der Waals surface area (Å²) in [6.07, 6.45) is 0. The second-order valence-electron chi connectivity index (χ2n) is 3.98. The Morgan fingerprint density at radius 3 is 2.45 bits per heavy atom. The lowest BCUT2D eigenvalue weighted by atomic mass is 10.1. The SMILES string of the molecule is O=C(S)N(CCBr)c1ccc(-c2ccc(=O)[nH]n2)cc1. The van der Waals surface area contributed by atoms with Crippen molar-refractivity contribution in [1.82, 2.24) is 10.2 Å². The van der Waals surface area contributed by atoms with E-state index in [2.05, 4.69) is 38.8 Å². The Morgan fingerprint density at radius 1 is 1.25 bits per heavy atom. The molecule has 0 aliphatic carbocycles. The standard InChI is InChI=1S/C13H12BrN3O2S/c14-7-8-17(13(19)20)10-3-1-9(2-4-10)11-5-6-12(18)16-15-11/h1-6H,7-8H2,(H,16,18)(H,19,20). The fraction of sp³-hybridized carbons (Fsp3) is 0.154. The van der Waals surface area contributed by atoms with E-state index in [1.807, 2.05) is 24.3 Å². The van der Waals surface area contributed by atoms with Gasteiger partial charge in [-0.2, -0.15) is 5.10 Å². The second-order valence-corrected chi connectivity index (χ2v) is 5.15. The normalized spacial score (nSPS) is 10.3. The summed E-state index contributed by atoms with van der Waals surface area (Å²) in [4.78, 5) is 24.0. The Bertz CT molecular complexity index is 637. The Morgan fingerprint density at radius 2 is 1.95 bits per heavy atom. The number of anilines is 1. The van der Waals surface area contributed by atoms with Gasteiger partial charge in [-0.25, -0.2) is 5.10 Å². The minimum atomic E-state index is -0.306. The lowest BCUT2D eigenvalue weighted by molar-refractivity contribution is 0.265. The van der Waals surface area contributed by atoms with E-state index in [0.29, 0.717) is 17.6 Å². The number of carbonyl (C=O) groups is 1. The number of amides is 1. The van der Waals surface area contributed by atoms with Gasteiger partial charge in [0.05, 0.1) is 5.69 Å². The number of aromatic amines is 1. The van der Waals surface area contributed by atoms with Crippen LogP contribution < -0.4 is 10.5 Å². The molecule has 2 rings (SSSR count). The van der Waals surface area contributed by atoms with E-state index in [9.17, 15) is 9.59 Å². The second kappa shape index (κ2) is 6.71. The summed E-state index contributed by atoms with van der Waals surface area (Å²) in [6, 6.07) is 10.4. The van der Waals surface area contributed by atoms with Crippen LogP contribution in [0, 0.1) is 0 Å². The van der Waals surface area contributed by atoms with Gasteiger partial charge in [0.2, 0.25) is 0 Å². The number of hydrogen-bond donors (Lipinski definition) is 2. The maximum Gasteiger partial charge on any atom is 0.283 e. The van der Waals surface area contributed by atoms with Crippen LogP contribution in [0.25, 0.3) is 11.3 Å². The quantitative estimate of drug-likeness (QED) is 0.655. The maximum absolute atomic E-state index is 11.4. The molecule has 1 aromatic carbocycles. The molecule has 5 nitrogen and oxygen atoms in total. The number of hydrogen-bond acceptors (Lipinski definition) is 3. The molecular formula is C13H12BrN3O2S. The van der Waals surface area contributed by atoms with Crippen LogP contribution in [0.1, 0.15) is 0 Å². The van der Waals surface area contributed by atoms with Crippen LogP contribution in [0.2, 0.25) is 0 Å². The van der Waals surface area contributed by atoms with Crippen molar-refractivity contribution in [2.75, 3.05) is 16.8 Å². The third-order valence-corrected chi connectivity index (χ3v) is 3.29. The van der Waals surface area contributed by atoms with Gasteiger partial charge < -0.3 is 4.90 Å². The van der Waals surface area contributed by atoms with E-state index in [1.165, 1.54) is 6.07 Å². The smallest absolute Gasteiger partial charge is 0.283 e. The molecule has 1 N–H and O–H groups in total. The number of H-pyrrole nitrogens is 1. The average molecular weight is 354 g/mol. The number of alkyl halides is 1. The van der Waals surface area contributed by atoms with Crippen molar-refractivity contribution in [3.8, 4) is 11.3 Å². The molecule has 1 aromatic heterocycles. The van der Waals surface area contributed by atoms with Crippen molar-refractivity contribution in [1.29, 1.82) is 0 Å². The molecule has 0 fully saturated rings. The van der Waals surface area contributed by atoms with Crippen LogP contribution in [0.15, 0.2) is 41.2 Å². The molecule has 1 heterocycles. The van der Waals surface area contributed by atoms with E-state index in [-0.39, 0.29) is 10.8 Å². The van der Waals surface area contributed by atoms with E-state index in [1.54, 1.807) is 11.0 Å². The fourth-order valence-corrected chi connectivity index (χ4v) is 2.31. The highest BCUT2D eigenvalue weighted by Gasteiger charge is 2.11. The van der Waals surface area contributed by atoms with Gasteiger partial charge in [0, 0.05) is 29.2 Å². The van der Waals surface area contributed by atoms with Crippen molar-refractivity contribution in [2.45, 2.75) is 0 Å². The zero-order valence-electron chi connectivity index (χ0n) is 10.4. The highest BCUT2D eigenvalue weighted by molar-refractivity contribution is 9.09. The van der Waals surface area contributed by atoms with Gasteiger partial charge in [-0.15, -0.1) is 0 Å². The summed E-state index contributed by atoms with van der Waals surface area (Å²) in [5.41, 5.74) is 2.04. The molecule has 0 aliphatic rings. The van der Waals surface area contributed by atoms with E-state index >= 15 is 0 Å². The highest BCUT2D eigenvalue weighted by Crippen LogP contribution is 2.22. The number of aromatic nitrogens is 2. The number of carbonyl (C=O) groups excluding carboxylic acids is 1. The van der Waals surface area contributed by atoms with Crippen molar-refractivity contribution in [3.05, 3.63) is 46.8 Å². The summed E-state index contributed by atoms with van der Waals surface area (Å²) in [6.45, 7) is 0.540. The molecule has 0 aliphatic heterocycles. The molecule has 0 radical (unpaired) electrons. The first-order chi connectivity index (χ1) is 9.61. The number of rotatable bonds is 4. The number of thiol groups is 1. The third kappa shape index (κ3) is 3.49. The molecule has 1 amide bonds. The van der Waals surface area contributed by atoms with Crippen LogP contribution >= 0.6 is 28.6 Å². The average Bonchev–Trinajstić information content (AvgIpc) is 2.45. The lowest BCUT2D eigenvalue weighted by Gasteiger charge is -2.19. The van der Waals surface area contributed by atoms with Gasteiger partial charge in [-0.05, 0) is 18.2 Å². The molecular weight excluding hydrogens is 342 g/mol. The number of nitrogens with one attached hydrogen (secondary N) is 1. The van der Waals surface area contributed by atoms with E-state index in [0.717, 1.165) is 11.3 Å². The Labute approximate surface area is 129 Å². The summed E-state index contributed by atoms with van der Waals surface area (Å²) in [7, 11) is 0. The molecule has 7 heteroatoms. The van der Waals surface area contributed by atoms with Crippen molar-refractivity contribution < 1.29 is 4.79 Å². The molecule has 2 aromatic rings. The van der Waals surface area contributed by atoms with Crippen LogP contribution in [0.4, 0.5) is 10.5 Å². The minimum absolute atomic E-state index is 0.241. The number of halogens is 1. The number of nitrogens with zero attached hydrogens (tertiary/aromatic N) is 2. The monoisotopic (exact) mass is 353 g/mol. The zero-order chi connectivity index (χ0) is 14.5. The summed E-state index contributed by atoms with van der Waals surface area (Å²) >= 11 is 7.16. The molecule has 104 valence electrons. The van der Waals surface area contributed by atoms with Gasteiger partial charge in [-0.1, -0.05) is 40.7 Å². The maximum atomic E-state index is 11.4. The fourth-order valence-electron chi connectivity index (χ4n) is 1.74. The molecule has 0 saturated carbocycles. The van der Waals surface area contributed by atoms with Gasteiger partial charge in [0.1, 0.15) is 0 Å². The van der Waals surface area contributed by atoms with E-state index < -0.39 is 0 Å². The predicted octanol–water partition coefficient (Wildman–Crippen LogP) is 2.69. The molecule has 0 atom stereocenters. The predicted molar refractivity (Wildman–Crippen MR) is 85.8 cm³/mol. The van der Waals surface area contributed by atoms with Gasteiger partial charge in [0.15, 0.2) is 0 Å². The topological polar surface area (TPSA) is 66.1 Å². The van der Waals surface area contributed by atoms with Crippen LogP contribution in [-0.2, 0) is 0 Å². The Kier molecular flexibility index (Phi) is 4.97. The zero-order valence-corrected chi connectivity index (χ0v) is 12.9. The molecule has 0 unspecified atom stereocenters. The summed E-state index contributed by atoms with van der Waals surface area (Å²) in [5.74, 6) is 0. The molecule has 20 heavy (non-hydrogen) atoms. The Hall–Kier alpha value is -1.60.